The van der Waals surface area contributed by atoms with Gasteiger partial charge in [0.05, 0.1) is 50.8 Å². The standard InChI is InChI=1S/C63H39F3N4/c64-63(65,66)55-23-13-22-48(38-67)61(55)53-32-33-56(69-57-34-44(40-14-5-1-6-15-40)24-28-49(57)50-29-25-45(35-58(50)69)41-16-7-2-8-17-41)54(39-68)62(53)70-59-36-46(42-18-9-3-10-19-42)26-30-51(59)52-31-27-47(37-60(52)70)43-20-11-4-12-21-43/h1-26,28-30,32-37H,27,31H2. The fraction of sp³-hybridized carbons (Fsp3) is 0.0476. The van der Waals surface area contributed by atoms with Gasteiger partial charge in [-0.05, 0) is 105 Å². The summed E-state index contributed by atoms with van der Waals surface area (Å²) in [5, 5.41) is 25.5. The SMILES string of the molecule is N#Cc1cccc(C(F)(F)F)c1-c1ccc(-n2c3cc(-c4ccccc4)ccc3c3ccc(-c4ccccc4)cc32)c(C#N)c1-n1c2c(c3ccc(-c4ccccc4)cc31)CCC(c1ccccc1)=C2. The molecule has 0 N–H and O–H groups in total. The molecule has 0 radical (unpaired) electrons. The molecule has 332 valence electrons. The Morgan fingerprint density at radius 3 is 1.44 bits per heavy atom. The number of aryl methyl sites for hydroxylation is 1. The van der Waals surface area contributed by atoms with Crippen LogP contribution in [-0.4, -0.2) is 9.13 Å². The number of hydrogen-bond acceptors (Lipinski definition) is 2. The van der Waals surface area contributed by atoms with Crippen molar-refractivity contribution in [2.24, 2.45) is 0 Å². The van der Waals surface area contributed by atoms with E-state index < -0.39 is 11.7 Å². The lowest BCUT2D eigenvalue weighted by Gasteiger charge is -2.24. The van der Waals surface area contributed by atoms with Gasteiger partial charge in [-0.2, -0.15) is 23.7 Å². The number of alkyl halides is 3. The maximum atomic E-state index is 15.5. The topological polar surface area (TPSA) is 57.4 Å². The van der Waals surface area contributed by atoms with Crippen LogP contribution in [-0.2, 0) is 12.6 Å². The highest BCUT2D eigenvalue weighted by molar-refractivity contribution is 6.12. The Balaban J connectivity index is 1.26. The number of benzene rings is 9. The van der Waals surface area contributed by atoms with E-state index in [4.69, 9.17) is 0 Å². The predicted molar refractivity (Wildman–Crippen MR) is 276 cm³/mol. The molecule has 7 heteroatoms. The van der Waals surface area contributed by atoms with E-state index in [1.165, 1.54) is 12.1 Å². The van der Waals surface area contributed by atoms with E-state index in [2.05, 4.69) is 114 Å². The van der Waals surface area contributed by atoms with Crippen LogP contribution in [0.2, 0.25) is 0 Å². The van der Waals surface area contributed by atoms with Crippen LogP contribution in [0.25, 0.3) is 100 Å². The zero-order valence-electron chi connectivity index (χ0n) is 37.5. The van der Waals surface area contributed by atoms with Crippen molar-refractivity contribution < 1.29 is 13.2 Å². The van der Waals surface area contributed by atoms with Gasteiger partial charge >= 0.3 is 6.18 Å². The molecule has 0 aliphatic heterocycles. The largest absolute Gasteiger partial charge is 0.417 e. The lowest BCUT2D eigenvalue weighted by atomic mass is 9.89. The Labute approximate surface area is 402 Å². The van der Waals surface area contributed by atoms with Crippen LogP contribution in [0.1, 0.15) is 39.9 Å². The van der Waals surface area contributed by atoms with Crippen molar-refractivity contribution in [3.63, 3.8) is 0 Å². The number of allylic oxidation sites excluding steroid dienone is 1. The van der Waals surface area contributed by atoms with Gasteiger partial charge in [-0.1, -0.05) is 170 Å². The second-order valence-electron chi connectivity index (χ2n) is 17.7. The van der Waals surface area contributed by atoms with Crippen molar-refractivity contribution in [1.82, 2.24) is 9.13 Å². The van der Waals surface area contributed by atoms with Gasteiger partial charge in [0, 0.05) is 27.3 Å². The van der Waals surface area contributed by atoms with Crippen molar-refractivity contribution >= 4 is 44.4 Å². The number of fused-ring (bicyclic) bond motifs is 6. The molecule has 2 heterocycles. The molecule has 0 spiro atoms. The number of aromatic nitrogens is 2. The molecule has 12 rings (SSSR count). The molecular weight excluding hydrogens is 870 g/mol. The Hall–Kier alpha value is -9.17. The third-order valence-corrected chi connectivity index (χ3v) is 13.8. The highest BCUT2D eigenvalue weighted by atomic mass is 19.4. The fourth-order valence-corrected chi connectivity index (χ4v) is 10.6. The van der Waals surface area contributed by atoms with Gasteiger partial charge in [0.1, 0.15) is 11.6 Å². The van der Waals surface area contributed by atoms with Crippen molar-refractivity contribution in [3.8, 4) is 68.0 Å². The molecule has 4 nitrogen and oxygen atoms in total. The second kappa shape index (κ2) is 16.9. The molecular formula is C63H39F3N4. The maximum Gasteiger partial charge on any atom is 0.417 e. The van der Waals surface area contributed by atoms with Gasteiger partial charge in [-0.3, -0.25) is 0 Å². The normalized spacial score (nSPS) is 12.4. The number of rotatable bonds is 7. The molecule has 11 aromatic rings. The first-order valence-corrected chi connectivity index (χ1v) is 23.2. The summed E-state index contributed by atoms with van der Waals surface area (Å²) in [6, 6.07) is 71.0. The molecule has 0 saturated carbocycles. The first kappa shape index (κ1) is 42.2. The molecule has 0 unspecified atom stereocenters. The van der Waals surface area contributed by atoms with Gasteiger partial charge in [0.25, 0.3) is 0 Å². The Morgan fingerprint density at radius 2 is 0.943 bits per heavy atom. The van der Waals surface area contributed by atoms with Crippen LogP contribution >= 0.6 is 0 Å². The van der Waals surface area contributed by atoms with Crippen LogP contribution < -0.4 is 0 Å². The number of hydrogen-bond donors (Lipinski definition) is 0. The van der Waals surface area contributed by atoms with Gasteiger partial charge < -0.3 is 9.13 Å². The van der Waals surface area contributed by atoms with E-state index in [9.17, 15) is 10.5 Å². The Morgan fingerprint density at radius 1 is 0.443 bits per heavy atom. The van der Waals surface area contributed by atoms with E-state index in [0.717, 1.165) is 101 Å². The summed E-state index contributed by atoms with van der Waals surface area (Å²) in [4.78, 5) is 0. The summed E-state index contributed by atoms with van der Waals surface area (Å²) >= 11 is 0. The average Bonchev–Trinajstić information content (AvgIpc) is 3.91. The molecule has 1 aliphatic carbocycles. The molecule has 9 aromatic carbocycles. The Kier molecular flexibility index (Phi) is 10.2. The fourth-order valence-electron chi connectivity index (χ4n) is 10.6. The zero-order chi connectivity index (χ0) is 47.5. The van der Waals surface area contributed by atoms with Gasteiger partial charge in [-0.15, -0.1) is 0 Å². The summed E-state index contributed by atoms with van der Waals surface area (Å²) in [6.07, 6.45) is -1.31. The molecule has 0 atom stereocenters. The molecule has 2 aromatic heterocycles. The van der Waals surface area contributed by atoms with Gasteiger partial charge in [0.2, 0.25) is 0 Å². The summed E-state index contributed by atoms with van der Waals surface area (Å²) in [6.45, 7) is 0. The lowest BCUT2D eigenvalue weighted by molar-refractivity contribution is -0.137. The summed E-state index contributed by atoms with van der Waals surface area (Å²) in [5.41, 5.74) is 11.7. The minimum absolute atomic E-state index is 0.116. The van der Waals surface area contributed by atoms with Gasteiger partial charge in [-0.25, -0.2) is 0 Å². The van der Waals surface area contributed by atoms with E-state index in [0.29, 0.717) is 12.1 Å². The van der Waals surface area contributed by atoms with Crippen molar-refractivity contribution in [2.75, 3.05) is 0 Å². The maximum absolute atomic E-state index is 15.5. The first-order chi connectivity index (χ1) is 34.3. The number of halogens is 3. The monoisotopic (exact) mass is 908 g/mol. The van der Waals surface area contributed by atoms with Gasteiger partial charge in [0.15, 0.2) is 0 Å². The Bertz CT molecular complexity index is 3880. The molecule has 0 fully saturated rings. The van der Waals surface area contributed by atoms with E-state index in [1.54, 1.807) is 12.1 Å². The van der Waals surface area contributed by atoms with Crippen LogP contribution in [0.4, 0.5) is 13.2 Å². The van der Waals surface area contributed by atoms with Crippen LogP contribution in [0, 0.1) is 22.7 Å². The van der Waals surface area contributed by atoms with Crippen molar-refractivity contribution in [1.29, 1.82) is 10.5 Å². The third-order valence-electron chi connectivity index (χ3n) is 13.8. The highest BCUT2D eigenvalue weighted by Gasteiger charge is 2.37. The second-order valence-corrected chi connectivity index (χ2v) is 17.7. The zero-order valence-corrected chi connectivity index (χ0v) is 37.5. The summed E-state index contributed by atoms with van der Waals surface area (Å²) in [5.74, 6) is 0. The number of nitrogens with zero attached hydrogens (tertiary/aromatic N) is 4. The molecule has 1 aliphatic rings. The van der Waals surface area contributed by atoms with E-state index >= 15 is 13.2 Å². The molecule has 70 heavy (non-hydrogen) atoms. The lowest BCUT2D eigenvalue weighted by Crippen LogP contribution is -2.12. The number of nitriles is 2. The van der Waals surface area contributed by atoms with Crippen molar-refractivity contribution in [3.05, 3.63) is 240 Å². The molecule has 0 saturated heterocycles. The van der Waals surface area contributed by atoms with E-state index in [1.807, 2.05) is 89.5 Å². The molecule has 0 bridgehead atoms. The van der Waals surface area contributed by atoms with Crippen LogP contribution in [0.5, 0.6) is 0 Å². The highest BCUT2D eigenvalue weighted by Crippen LogP contribution is 2.48. The van der Waals surface area contributed by atoms with E-state index in [-0.39, 0.29) is 27.9 Å². The smallest absolute Gasteiger partial charge is 0.308 e. The first-order valence-electron chi connectivity index (χ1n) is 23.2. The summed E-state index contributed by atoms with van der Waals surface area (Å²) < 4.78 is 50.7. The quantitative estimate of drug-likeness (QED) is 0.160. The third kappa shape index (κ3) is 6.98. The van der Waals surface area contributed by atoms with Crippen LogP contribution in [0.3, 0.4) is 0 Å². The van der Waals surface area contributed by atoms with Crippen LogP contribution in [0.15, 0.2) is 206 Å². The predicted octanol–water partition coefficient (Wildman–Crippen LogP) is 16.6. The minimum atomic E-state index is -4.83. The summed E-state index contributed by atoms with van der Waals surface area (Å²) in [7, 11) is 0. The molecule has 0 amide bonds. The minimum Gasteiger partial charge on any atom is -0.308 e. The van der Waals surface area contributed by atoms with Crippen molar-refractivity contribution in [2.45, 2.75) is 19.0 Å². The average molecular weight is 909 g/mol.